The Kier molecular flexibility index (Phi) is 35.7. The van der Waals surface area contributed by atoms with Crippen LogP contribution in [0, 0.1) is 5.92 Å². The van der Waals surface area contributed by atoms with E-state index in [1.54, 1.807) is 12.2 Å². The van der Waals surface area contributed by atoms with Gasteiger partial charge in [-0.15, -0.1) is 0 Å². The second kappa shape index (κ2) is 37.3. The van der Waals surface area contributed by atoms with E-state index in [0.29, 0.717) is 12.8 Å². The highest BCUT2D eigenvalue weighted by Crippen LogP contribution is 2.43. The zero-order valence-electron chi connectivity index (χ0n) is 35.6. The van der Waals surface area contributed by atoms with Crippen molar-refractivity contribution in [1.29, 1.82) is 0 Å². The standard InChI is InChI=1S/C43H74O14P2/c1-4-5-6-7-8-9-10-11-12-13-14-15-18-21-24-27-30-39(44)32-33-43(47)57-41(37-56-59(51,52)55-35-40(45)34-54-58(48,49)50)36-53-42(46)31-28-25-22-19-16-17-20-23-26-29-38(2)3/h5-6,8-9,11-12,14-15,21,24,27,30,38-41,44-45H,4,7,10,13,16-20,22-23,25-26,28-29,31-37H2,1-3H3,(H,51,52)(H2,48,49,50)/b6-5-,9-8-,12-11-,15-14-,24-21-,30-27-/t39?,40-,41+/m0/s1. The fourth-order valence-electron chi connectivity index (χ4n) is 5.17. The van der Waals surface area contributed by atoms with Crippen LogP contribution in [0.4, 0.5) is 0 Å². The molecule has 0 aromatic heterocycles. The van der Waals surface area contributed by atoms with Crippen molar-refractivity contribution in [3.63, 3.8) is 0 Å². The summed E-state index contributed by atoms with van der Waals surface area (Å²) in [6.07, 6.45) is 35.3. The monoisotopic (exact) mass is 876 g/mol. The number of ether oxygens (including phenoxy) is 2. The number of phosphoric acid groups is 2. The Bertz CT molecular complexity index is 1350. The fourth-order valence-corrected chi connectivity index (χ4v) is 6.33. The minimum Gasteiger partial charge on any atom is -0.462 e. The van der Waals surface area contributed by atoms with Crippen LogP contribution in [0.5, 0.6) is 0 Å². The number of esters is 2. The molecule has 14 nitrogen and oxygen atoms in total. The Morgan fingerprint density at radius 1 is 0.576 bits per heavy atom. The molecule has 0 saturated carbocycles. The molecule has 4 atom stereocenters. The van der Waals surface area contributed by atoms with Crippen LogP contribution in [0.3, 0.4) is 0 Å². The highest BCUT2D eigenvalue weighted by molar-refractivity contribution is 7.47. The molecule has 0 spiro atoms. The Labute approximate surface area is 353 Å². The molecule has 0 radical (unpaired) electrons. The molecule has 16 heteroatoms. The maximum atomic E-state index is 12.7. The maximum Gasteiger partial charge on any atom is 0.472 e. The number of aliphatic hydroxyl groups is 2. The van der Waals surface area contributed by atoms with Gasteiger partial charge in [0.25, 0.3) is 0 Å². The van der Waals surface area contributed by atoms with E-state index in [4.69, 9.17) is 23.8 Å². The predicted octanol–water partition coefficient (Wildman–Crippen LogP) is 9.44. The molecular formula is C43H74O14P2. The second-order valence-corrected chi connectivity index (χ2v) is 17.3. The SMILES string of the molecule is CC/C=C\C/C=C\C/C=C\C/C=C\C/C=C\C=C/C(O)CCC(=O)O[C@H](COC(=O)CCCCCCCCCCCC(C)C)COP(=O)(O)OC[C@@H](O)COP(=O)(O)O. The van der Waals surface area contributed by atoms with Gasteiger partial charge < -0.3 is 34.4 Å². The lowest BCUT2D eigenvalue weighted by Gasteiger charge is -2.20. The van der Waals surface area contributed by atoms with Crippen molar-refractivity contribution in [3.8, 4) is 0 Å². The first kappa shape index (κ1) is 56.5. The van der Waals surface area contributed by atoms with Crippen LogP contribution in [-0.4, -0.2) is 81.6 Å². The number of unbranched alkanes of at least 4 members (excludes halogenated alkanes) is 8. The molecule has 0 bridgehead atoms. The highest BCUT2D eigenvalue weighted by Gasteiger charge is 2.28. The van der Waals surface area contributed by atoms with Gasteiger partial charge in [-0.05, 0) is 50.9 Å². The van der Waals surface area contributed by atoms with Crippen molar-refractivity contribution in [3.05, 3.63) is 72.9 Å². The number of carbonyl (C=O) groups is 2. The summed E-state index contributed by atoms with van der Waals surface area (Å²) in [5.41, 5.74) is 0. The van der Waals surface area contributed by atoms with Gasteiger partial charge in [-0.3, -0.25) is 23.2 Å². The quantitative estimate of drug-likeness (QED) is 0.0128. The summed E-state index contributed by atoms with van der Waals surface area (Å²) >= 11 is 0. The predicted molar refractivity (Wildman–Crippen MR) is 231 cm³/mol. The van der Waals surface area contributed by atoms with Crippen LogP contribution in [0.2, 0.25) is 0 Å². The van der Waals surface area contributed by atoms with Gasteiger partial charge in [-0.2, -0.15) is 0 Å². The van der Waals surface area contributed by atoms with Crippen LogP contribution in [0.1, 0.15) is 136 Å². The average molecular weight is 877 g/mol. The van der Waals surface area contributed by atoms with E-state index >= 15 is 0 Å². The van der Waals surface area contributed by atoms with Gasteiger partial charge in [0.1, 0.15) is 12.7 Å². The number of carbonyl (C=O) groups excluding carboxylic acids is 2. The molecule has 0 saturated heterocycles. The lowest BCUT2D eigenvalue weighted by molar-refractivity contribution is -0.161. The molecule has 5 N–H and O–H groups in total. The minimum absolute atomic E-state index is 0.0156. The normalized spacial score (nSPS) is 15.4. The van der Waals surface area contributed by atoms with E-state index < -0.39 is 72.3 Å². The summed E-state index contributed by atoms with van der Waals surface area (Å²) in [6.45, 7) is 3.62. The first-order valence-corrected chi connectivity index (χ1v) is 24.1. The van der Waals surface area contributed by atoms with Crippen molar-refractivity contribution in [2.75, 3.05) is 26.4 Å². The van der Waals surface area contributed by atoms with Crippen molar-refractivity contribution < 1.29 is 66.7 Å². The van der Waals surface area contributed by atoms with Crippen molar-refractivity contribution in [2.24, 2.45) is 5.92 Å². The molecule has 340 valence electrons. The summed E-state index contributed by atoms with van der Waals surface area (Å²) < 4.78 is 47.5. The number of hydrogen-bond acceptors (Lipinski definition) is 11. The first-order chi connectivity index (χ1) is 28.1. The lowest BCUT2D eigenvalue weighted by atomic mass is 10.0. The number of allylic oxidation sites excluding steroid dienone is 11. The molecule has 0 rings (SSSR count). The largest absolute Gasteiger partial charge is 0.472 e. The van der Waals surface area contributed by atoms with Crippen LogP contribution in [0.25, 0.3) is 0 Å². The molecule has 0 heterocycles. The summed E-state index contributed by atoms with van der Waals surface area (Å²) in [5, 5.41) is 20.1. The summed E-state index contributed by atoms with van der Waals surface area (Å²) in [6, 6.07) is 0. The van der Waals surface area contributed by atoms with Crippen molar-refractivity contribution in [2.45, 2.75) is 155 Å². The molecule has 0 aromatic rings. The molecule has 0 aliphatic carbocycles. The molecule has 0 fully saturated rings. The molecule has 59 heavy (non-hydrogen) atoms. The second-order valence-electron chi connectivity index (χ2n) is 14.6. The topological polar surface area (TPSA) is 216 Å². The number of rotatable bonds is 38. The van der Waals surface area contributed by atoms with Gasteiger partial charge in [0, 0.05) is 12.8 Å². The molecular weight excluding hydrogens is 802 g/mol. The molecule has 0 amide bonds. The zero-order chi connectivity index (χ0) is 44.0. The Morgan fingerprint density at radius 3 is 1.64 bits per heavy atom. The molecule has 0 aliphatic rings. The smallest absolute Gasteiger partial charge is 0.462 e. The fraction of sp³-hybridized carbons (Fsp3) is 0.674. The van der Waals surface area contributed by atoms with E-state index in [-0.39, 0.29) is 19.3 Å². The third kappa shape index (κ3) is 42.0. The number of hydrogen-bond donors (Lipinski definition) is 5. The van der Waals surface area contributed by atoms with E-state index in [1.807, 2.05) is 12.2 Å². The van der Waals surface area contributed by atoms with Crippen LogP contribution in [0.15, 0.2) is 72.9 Å². The third-order valence-electron chi connectivity index (χ3n) is 8.40. The van der Waals surface area contributed by atoms with Crippen LogP contribution >= 0.6 is 15.6 Å². The van der Waals surface area contributed by atoms with Gasteiger partial charge in [-0.25, -0.2) is 9.13 Å². The van der Waals surface area contributed by atoms with E-state index in [2.05, 4.69) is 72.4 Å². The number of phosphoric ester groups is 2. The van der Waals surface area contributed by atoms with Crippen molar-refractivity contribution >= 4 is 27.6 Å². The molecule has 0 aliphatic heterocycles. The third-order valence-corrected chi connectivity index (χ3v) is 9.83. The van der Waals surface area contributed by atoms with Crippen molar-refractivity contribution in [1.82, 2.24) is 0 Å². The number of aliphatic hydroxyl groups excluding tert-OH is 2. The zero-order valence-corrected chi connectivity index (χ0v) is 37.4. The summed E-state index contributed by atoms with van der Waals surface area (Å²) in [7, 11) is -9.76. The highest BCUT2D eigenvalue weighted by atomic mass is 31.2. The van der Waals surface area contributed by atoms with E-state index in [0.717, 1.165) is 57.3 Å². The van der Waals surface area contributed by atoms with Crippen LogP contribution < -0.4 is 0 Å². The van der Waals surface area contributed by atoms with Gasteiger partial charge in [0.15, 0.2) is 6.10 Å². The van der Waals surface area contributed by atoms with E-state index in [1.165, 1.54) is 38.2 Å². The molecule has 2 unspecified atom stereocenters. The van der Waals surface area contributed by atoms with Gasteiger partial charge >= 0.3 is 27.6 Å². The summed E-state index contributed by atoms with van der Waals surface area (Å²) in [4.78, 5) is 52.6. The van der Waals surface area contributed by atoms with Gasteiger partial charge in [0.05, 0.1) is 25.9 Å². The Balaban J connectivity index is 4.79. The summed E-state index contributed by atoms with van der Waals surface area (Å²) in [5.74, 6) is -0.575. The maximum absolute atomic E-state index is 12.7. The lowest BCUT2D eigenvalue weighted by Crippen LogP contribution is -2.30. The first-order valence-electron chi connectivity index (χ1n) is 21.1. The van der Waals surface area contributed by atoms with Gasteiger partial charge in [0.2, 0.25) is 0 Å². The van der Waals surface area contributed by atoms with E-state index in [9.17, 15) is 33.8 Å². The molecule has 0 aromatic carbocycles. The Hall–Kier alpha value is -2.48. The minimum atomic E-state index is -4.89. The van der Waals surface area contributed by atoms with Crippen LogP contribution in [-0.2, 0) is 41.8 Å². The van der Waals surface area contributed by atoms with Gasteiger partial charge in [-0.1, -0.05) is 151 Å². The Morgan fingerprint density at radius 2 is 1.08 bits per heavy atom. The average Bonchev–Trinajstić information content (AvgIpc) is 3.18.